The highest BCUT2D eigenvalue weighted by molar-refractivity contribution is 5.97. The molecule has 0 N–H and O–H groups in total. The lowest BCUT2D eigenvalue weighted by atomic mass is 10.1. The number of ether oxygens (including phenoxy) is 2. The summed E-state index contributed by atoms with van der Waals surface area (Å²) in [6, 6.07) is 25.1. The van der Waals surface area contributed by atoms with E-state index in [1.807, 2.05) is 71.6 Å². The molecule has 4 heteroatoms. The van der Waals surface area contributed by atoms with Gasteiger partial charge in [-0.3, -0.25) is 4.79 Å². The first-order valence-corrected chi connectivity index (χ1v) is 9.06. The summed E-state index contributed by atoms with van der Waals surface area (Å²) in [4.78, 5) is 14.6. The molecule has 0 bridgehead atoms. The highest BCUT2D eigenvalue weighted by atomic mass is 16.5. The maximum absolute atomic E-state index is 12.7. The van der Waals surface area contributed by atoms with Crippen LogP contribution in [0, 0.1) is 0 Å². The van der Waals surface area contributed by atoms with E-state index in [0.29, 0.717) is 11.5 Å². The van der Waals surface area contributed by atoms with Crippen molar-refractivity contribution in [1.82, 2.24) is 0 Å². The van der Waals surface area contributed by atoms with Gasteiger partial charge in [-0.2, -0.15) is 0 Å². The molecule has 0 saturated carbocycles. The van der Waals surface area contributed by atoms with Crippen LogP contribution < -0.4 is 14.4 Å². The number of rotatable bonds is 5. The number of carbonyl (C=O) groups excluding carboxylic acids is 1. The highest BCUT2D eigenvalue weighted by Crippen LogP contribution is 2.32. The van der Waals surface area contributed by atoms with Gasteiger partial charge in [-0.15, -0.1) is 0 Å². The van der Waals surface area contributed by atoms with Crippen molar-refractivity contribution >= 4 is 11.6 Å². The number of fused-ring (bicyclic) bond motifs is 1. The van der Waals surface area contributed by atoms with E-state index in [-0.39, 0.29) is 18.6 Å². The van der Waals surface area contributed by atoms with Gasteiger partial charge in [0.15, 0.2) is 6.61 Å². The van der Waals surface area contributed by atoms with Crippen molar-refractivity contribution in [1.29, 1.82) is 0 Å². The second-order valence-corrected chi connectivity index (χ2v) is 6.62. The molecule has 4 rings (SSSR count). The predicted molar refractivity (Wildman–Crippen MR) is 106 cm³/mol. The molecule has 1 heterocycles. The van der Waals surface area contributed by atoms with Gasteiger partial charge < -0.3 is 14.4 Å². The van der Waals surface area contributed by atoms with Gasteiger partial charge in [-0.1, -0.05) is 42.5 Å². The fourth-order valence-corrected chi connectivity index (χ4v) is 3.41. The summed E-state index contributed by atoms with van der Waals surface area (Å²) in [5.74, 6) is 2.00. The summed E-state index contributed by atoms with van der Waals surface area (Å²) < 4.78 is 11.6. The van der Waals surface area contributed by atoms with E-state index in [1.54, 1.807) is 6.07 Å². The van der Waals surface area contributed by atoms with Crippen LogP contribution in [0.25, 0.3) is 0 Å². The molecule has 0 saturated heterocycles. The van der Waals surface area contributed by atoms with E-state index in [2.05, 4.69) is 13.0 Å². The molecule has 1 atom stereocenters. The van der Waals surface area contributed by atoms with Crippen molar-refractivity contribution < 1.29 is 14.3 Å². The number of anilines is 1. The number of benzene rings is 3. The monoisotopic (exact) mass is 359 g/mol. The quantitative estimate of drug-likeness (QED) is 0.655. The molecule has 1 aliphatic heterocycles. The summed E-state index contributed by atoms with van der Waals surface area (Å²) in [6.07, 6.45) is 0.877. The lowest BCUT2D eigenvalue weighted by Gasteiger charge is -2.22. The molecule has 4 nitrogen and oxygen atoms in total. The average molecular weight is 359 g/mol. The van der Waals surface area contributed by atoms with Crippen LogP contribution >= 0.6 is 0 Å². The molecule has 1 aliphatic rings. The number of hydrogen-bond donors (Lipinski definition) is 0. The Morgan fingerprint density at radius 2 is 1.63 bits per heavy atom. The molecular weight excluding hydrogens is 338 g/mol. The molecule has 0 spiro atoms. The number of hydrogen-bond acceptors (Lipinski definition) is 3. The molecule has 0 radical (unpaired) electrons. The Balaban J connectivity index is 1.42. The molecule has 3 aromatic rings. The average Bonchev–Trinajstić information content (AvgIpc) is 3.03. The van der Waals surface area contributed by atoms with Gasteiger partial charge in [0.25, 0.3) is 5.91 Å². The van der Waals surface area contributed by atoms with E-state index in [1.165, 1.54) is 5.56 Å². The smallest absolute Gasteiger partial charge is 0.265 e. The minimum atomic E-state index is -0.0400. The lowest BCUT2D eigenvalue weighted by Crippen LogP contribution is -2.39. The Hall–Kier alpha value is -3.27. The van der Waals surface area contributed by atoms with Crippen LogP contribution in [0.4, 0.5) is 5.69 Å². The van der Waals surface area contributed by atoms with Gasteiger partial charge in [0.05, 0.1) is 0 Å². The summed E-state index contributed by atoms with van der Waals surface area (Å²) in [5, 5.41) is 0. The first kappa shape index (κ1) is 17.2. The molecule has 136 valence electrons. The van der Waals surface area contributed by atoms with Crippen molar-refractivity contribution in [3.8, 4) is 17.2 Å². The van der Waals surface area contributed by atoms with Crippen LogP contribution in [0.5, 0.6) is 17.2 Å². The Labute approximate surface area is 159 Å². The topological polar surface area (TPSA) is 38.8 Å². The van der Waals surface area contributed by atoms with Crippen molar-refractivity contribution in [3.63, 3.8) is 0 Å². The van der Waals surface area contributed by atoms with Crippen LogP contribution in [-0.4, -0.2) is 18.6 Å². The Kier molecular flexibility index (Phi) is 4.79. The number of carbonyl (C=O) groups is 1. The fraction of sp³-hybridized carbons (Fsp3) is 0.174. The van der Waals surface area contributed by atoms with Crippen molar-refractivity contribution in [3.05, 3.63) is 84.4 Å². The molecule has 0 unspecified atom stereocenters. The molecule has 27 heavy (non-hydrogen) atoms. The van der Waals surface area contributed by atoms with E-state index in [0.717, 1.165) is 17.9 Å². The molecular formula is C23H21NO3. The maximum Gasteiger partial charge on any atom is 0.265 e. The summed E-state index contributed by atoms with van der Waals surface area (Å²) in [7, 11) is 0. The zero-order valence-electron chi connectivity index (χ0n) is 15.2. The van der Waals surface area contributed by atoms with Crippen LogP contribution in [-0.2, 0) is 11.2 Å². The van der Waals surface area contributed by atoms with Crippen LogP contribution in [0.15, 0.2) is 78.9 Å². The fourth-order valence-electron chi connectivity index (χ4n) is 3.41. The van der Waals surface area contributed by atoms with Crippen molar-refractivity contribution in [2.24, 2.45) is 0 Å². The van der Waals surface area contributed by atoms with Crippen LogP contribution in [0.3, 0.4) is 0 Å². The Morgan fingerprint density at radius 3 is 2.48 bits per heavy atom. The zero-order chi connectivity index (χ0) is 18.6. The van der Waals surface area contributed by atoms with E-state index in [9.17, 15) is 4.79 Å². The van der Waals surface area contributed by atoms with Gasteiger partial charge in [-0.05, 0) is 49.2 Å². The van der Waals surface area contributed by atoms with Gasteiger partial charge in [0.1, 0.15) is 17.2 Å². The Morgan fingerprint density at radius 1 is 0.926 bits per heavy atom. The van der Waals surface area contributed by atoms with Crippen LogP contribution in [0.1, 0.15) is 12.5 Å². The van der Waals surface area contributed by atoms with Crippen LogP contribution in [0.2, 0.25) is 0 Å². The molecule has 0 aliphatic carbocycles. The normalized spacial score (nSPS) is 15.3. The first-order chi connectivity index (χ1) is 13.2. The third-order valence-corrected chi connectivity index (χ3v) is 4.62. The lowest BCUT2D eigenvalue weighted by molar-refractivity contribution is -0.120. The number of nitrogens with zero attached hydrogens (tertiary/aromatic N) is 1. The third kappa shape index (κ3) is 3.80. The van der Waals surface area contributed by atoms with Gasteiger partial charge in [-0.25, -0.2) is 0 Å². The highest BCUT2D eigenvalue weighted by Gasteiger charge is 2.30. The van der Waals surface area contributed by atoms with Crippen molar-refractivity contribution in [2.45, 2.75) is 19.4 Å². The van der Waals surface area contributed by atoms with E-state index in [4.69, 9.17) is 9.47 Å². The number of amides is 1. The minimum absolute atomic E-state index is 0.00648. The Bertz CT molecular complexity index is 939. The standard InChI is InChI=1S/C23H21NO3/c1-17-14-18-8-5-6-13-22(18)24(17)23(25)16-26-20-11-7-12-21(15-20)27-19-9-3-2-4-10-19/h2-13,15,17H,14,16H2,1H3/t17-/m0/s1. The predicted octanol–water partition coefficient (Wildman–Crippen LogP) is 4.84. The molecule has 3 aromatic carbocycles. The molecule has 1 amide bonds. The summed E-state index contributed by atoms with van der Waals surface area (Å²) >= 11 is 0. The molecule has 0 fully saturated rings. The summed E-state index contributed by atoms with van der Waals surface area (Å²) in [5.41, 5.74) is 2.19. The first-order valence-electron chi connectivity index (χ1n) is 9.06. The van der Waals surface area contributed by atoms with Gasteiger partial charge in [0, 0.05) is 17.8 Å². The van der Waals surface area contributed by atoms with Gasteiger partial charge in [0.2, 0.25) is 0 Å². The second-order valence-electron chi connectivity index (χ2n) is 6.62. The van der Waals surface area contributed by atoms with Crippen molar-refractivity contribution in [2.75, 3.05) is 11.5 Å². The maximum atomic E-state index is 12.7. The molecule has 0 aromatic heterocycles. The summed E-state index contributed by atoms with van der Waals surface area (Å²) in [6.45, 7) is 2.06. The van der Waals surface area contributed by atoms with E-state index >= 15 is 0 Å². The zero-order valence-corrected chi connectivity index (χ0v) is 15.2. The third-order valence-electron chi connectivity index (χ3n) is 4.62. The SMILES string of the molecule is C[C@H]1Cc2ccccc2N1C(=O)COc1cccc(Oc2ccccc2)c1. The van der Waals surface area contributed by atoms with E-state index < -0.39 is 0 Å². The van der Waals surface area contributed by atoms with Gasteiger partial charge >= 0.3 is 0 Å². The number of para-hydroxylation sites is 2. The largest absolute Gasteiger partial charge is 0.484 e. The second kappa shape index (κ2) is 7.54. The minimum Gasteiger partial charge on any atom is -0.484 e.